The summed E-state index contributed by atoms with van der Waals surface area (Å²) >= 11 is 0. The first-order valence-electron chi connectivity index (χ1n) is 4.57. The lowest BCUT2D eigenvalue weighted by atomic mass is 10.2. The Balaban J connectivity index is 2.14. The fourth-order valence-electron chi connectivity index (χ4n) is 1.01. The van der Waals surface area contributed by atoms with Gasteiger partial charge >= 0.3 is 0 Å². The first kappa shape index (κ1) is 10.2. The molecule has 0 saturated carbocycles. The van der Waals surface area contributed by atoms with E-state index >= 15 is 0 Å². The van der Waals surface area contributed by atoms with Crippen LogP contribution in [-0.2, 0) is 6.54 Å². The average Bonchev–Trinajstić information content (AvgIpc) is 2.56. The van der Waals surface area contributed by atoms with Crippen LogP contribution in [0.25, 0.3) is 0 Å². The zero-order valence-electron chi connectivity index (χ0n) is 8.14. The number of nitrogens with one attached hydrogen (secondary N) is 1. The minimum Gasteiger partial charge on any atom is -0.392 e. The highest BCUT2D eigenvalue weighted by atomic mass is 16.3. The molecule has 0 bridgehead atoms. The number of aromatic nitrogens is 2. The lowest BCUT2D eigenvalue weighted by molar-refractivity contribution is 0.152. The summed E-state index contributed by atoms with van der Waals surface area (Å²) in [6.07, 6.45) is 5.17. The maximum atomic E-state index is 9.20. The van der Waals surface area contributed by atoms with Crippen molar-refractivity contribution in [3.8, 4) is 0 Å². The third-order valence-electron chi connectivity index (χ3n) is 2.12. The lowest BCUT2D eigenvalue weighted by Gasteiger charge is -2.16. The fourth-order valence-corrected chi connectivity index (χ4v) is 1.01. The second-order valence-electron chi connectivity index (χ2n) is 3.28. The molecule has 4 heteroatoms. The van der Waals surface area contributed by atoms with Gasteiger partial charge in [-0.15, -0.1) is 0 Å². The number of aliphatic hydroxyl groups excluding tert-OH is 1. The Morgan fingerprint density at radius 1 is 1.54 bits per heavy atom. The number of imidazole rings is 1. The summed E-state index contributed by atoms with van der Waals surface area (Å²) in [5.41, 5.74) is 0. The molecule has 1 rings (SSSR count). The summed E-state index contributed by atoms with van der Waals surface area (Å²) in [6.45, 7) is 5.49. The van der Waals surface area contributed by atoms with Gasteiger partial charge in [-0.2, -0.15) is 0 Å². The zero-order valence-corrected chi connectivity index (χ0v) is 8.14. The van der Waals surface area contributed by atoms with Gasteiger partial charge in [0.15, 0.2) is 0 Å². The van der Waals surface area contributed by atoms with Gasteiger partial charge in [0.1, 0.15) is 0 Å². The molecule has 2 atom stereocenters. The van der Waals surface area contributed by atoms with Crippen LogP contribution in [0.3, 0.4) is 0 Å². The van der Waals surface area contributed by atoms with Gasteiger partial charge in [0.25, 0.3) is 0 Å². The molecular formula is C9H17N3O. The highest BCUT2D eigenvalue weighted by molar-refractivity contribution is 4.75. The van der Waals surface area contributed by atoms with E-state index in [4.69, 9.17) is 0 Å². The van der Waals surface area contributed by atoms with Crippen molar-refractivity contribution in [3.63, 3.8) is 0 Å². The van der Waals surface area contributed by atoms with E-state index in [0.717, 1.165) is 13.1 Å². The zero-order chi connectivity index (χ0) is 9.68. The van der Waals surface area contributed by atoms with Gasteiger partial charge in [-0.05, 0) is 13.8 Å². The molecule has 0 fully saturated rings. The van der Waals surface area contributed by atoms with Gasteiger partial charge in [0.05, 0.1) is 12.4 Å². The Kier molecular flexibility index (Phi) is 3.92. The van der Waals surface area contributed by atoms with Crippen LogP contribution < -0.4 is 5.32 Å². The minimum absolute atomic E-state index is 0.142. The van der Waals surface area contributed by atoms with Crippen molar-refractivity contribution in [1.29, 1.82) is 0 Å². The van der Waals surface area contributed by atoms with Crippen molar-refractivity contribution in [1.82, 2.24) is 14.9 Å². The third kappa shape index (κ3) is 3.57. The van der Waals surface area contributed by atoms with E-state index in [-0.39, 0.29) is 12.1 Å². The summed E-state index contributed by atoms with van der Waals surface area (Å²) in [7, 11) is 0. The van der Waals surface area contributed by atoms with Crippen LogP contribution in [0.2, 0.25) is 0 Å². The van der Waals surface area contributed by atoms with E-state index < -0.39 is 0 Å². The molecule has 0 aliphatic rings. The molecule has 0 saturated heterocycles. The van der Waals surface area contributed by atoms with Gasteiger partial charge in [-0.1, -0.05) is 0 Å². The molecule has 1 aromatic heterocycles. The molecule has 2 unspecified atom stereocenters. The Labute approximate surface area is 78.6 Å². The van der Waals surface area contributed by atoms with Crippen molar-refractivity contribution < 1.29 is 5.11 Å². The van der Waals surface area contributed by atoms with Crippen LogP contribution in [0.5, 0.6) is 0 Å². The quantitative estimate of drug-likeness (QED) is 0.687. The predicted molar refractivity (Wildman–Crippen MR) is 51.4 cm³/mol. The first-order chi connectivity index (χ1) is 6.20. The molecule has 1 heterocycles. The van der Waals surface area contributed by atoms with Crippen LogP contribution in [0.15, 0.2) is 18.7 Å². The van der Waals surface area contributed by atoms with Crippen molar-refractivity contribution in [2.24, 2.45) is 0 Å². The van der Waals surface area contributed by atoms with Crippen LogP contribution in [0.1, 0.15) is 13.8 Å². The van der Waals surface area contributed by atoms with Gasteiger partial charge in [-0.25, -0.2) is 4.98 Å². The second kappa shape index (κ2) is 4.99. The number of hydrogen-bond acceptors (Lipinski definition) is 3. The first-order valence-corrected chi connectivity index (χ1v) is 4.57. The molecule has 2 N–H and O–H groups in total. The highest BCUT2D eigenvalue weighted by Crippen LogP contribution is 1.90. The number of nitrogens with zero attached hydrogens (tertiary/aromatic N) is 2. The molecule has 0 amide bonds. The molecule has 74 valence electrons. The molecular weight excluding hydrogens is 166 g/mol. The molecule has 0 spiro atoms. The Morgan fingerprint density at radius 2 is 2.31 bits per heavy atom. The number of hydrogen-bond donors (Lipinski definition) is 2. The van der Waals surface area contributed by atoms with E-state index in [9.17, 15) is 5.11 Å². The van der Waals surface area contributed by atoms with E-state index in [1.54, 1.807) is 19.4 Å². The topological polar surface area (TPSA) is 50.1 Å². The van der Waals surface area contributed by atoms with E-state index in [0.29, 0.717) is 0 Å². The number of rotatable bonds is 5. The smallest absolute Gasteiger partial charge is 0.0946 e. The van der Waals surface area contributed by atoms with Crippen molar-refractivity contribution in [2.45, 2.75) is 32.5 Å². The standard InChI is InChI=1S/C9H17N3O/c1-8(9(2)13)11-4-6-12-5-3-10-7-12/h3,5,7-9,11,13H,4,6H2,1-2H3. The largest absolute Gasteiger partial charge is 0.392 e. The van der Waals surface area contributed by atoms with Crippen LogP contribution >= 0.6 is 0 Å². The van der Waals surface area contributed by atoms with Gasteiger partial charge in [0, 0.05) is 31.5 Å². The monoisotopic (exact) mass is 183 g/mol. The Morgan fingerprint density at radius 3 is 2.85 bits per heavy atom. The SMILES string of the molecule is CC(O)C(C)NCCn1ccnc1. The van der Waals surface area contributed by atoms with Gasteiger partial charge < -0.3 is 15.0 Å². The molecule has 0 aromatic carbocycles. The normalized spacial score (nSPS) is 15.6. The summed E-state index contributed by atoms with van der Waals surface area (Å²) in [5.74, 6) is 0. The molecule has 13 heavy (non-hydrogen) atoms. The third-order valence-corrected chi connectivity index (χ3v) is 2.12. The molecule has 4 nitrogen and oxygen atoms in total. The van der Waals surface area contributed by atoms with Crippen LogP contribution in [-0.4, -0.2) is 33.3 Å². The van der Waals surface area contributed by atoms with Crippen molar-refractivity contribution in [2.75, 3.05) is 6.54 Å². The molecule has 0 aliphatic heterocycles. The Bertz CT molecular complexity index is 221. The maximum absolute atomic E-state index is 9.20. The van der Waals surface area contributed by atoms with Crippen molar-refractivity contribution >= 4 is 0 Å². The van der Waals surface area contributed by atoms with Gasteiger partial charge in [0.2, 0.25) is 0 Å². The summed E-state index contributed by atoms with van der Waals surface area (Å²) in [4.78, 5) is 3.94. The van der Waals surface area contributed by atoms with Crippen LogP contribution in [0.4, 0.5) is 0 Å². The van der Waals surface area contributed by atoms with Gasteiger partial charge in [-0.3, -0.25) is 0 Å². The fraction of sp³-hybridized carbons (Fsp3) is 0.667. The van der Waals surface area contributed by atoms with E-state index in [1.165, 1.54) is 0 Å². The van der Waals surface area contributed by atoms with Crippen molar-refractivity contribution in [3.05, 3.63) is 18.7 Å². The van der Waals surface area contributed by atoms with E-state index in [2.05, 4.69) is 10.3 Å². The van der Waals surface area contributed by atoms with E-state index in [1.807, 2.05) is 17.7 Å². The number of aliphatic hydroxyl groups is 1. The molecule has 1 aromatic rings. The molecule has 0 aliphatic carbocycles. The maximum Gasteiger partial charge on any atom is 0.0946 e. The average molecular weight is 183 g/mol. The summed E-state index contributed by atoms with van der Waals surface area (Å²) < 4.78 is 2.00. The minimum atomic E-state index is -0.303. The molecule has 0 radical (unpaired) electrons. The second-order valence-corrected chi connectivity index (χ2v) is 3.28. The summed E-state index contributed by atoms with van der Waals surface area (Å²) in [5, 5.41) is 12.4. The lowest BCUT2D eigenvalue weighted by Crippen LogP contribution is -2.37. The summed E-state index contributed by atoms with van der Waals surface area (Å²) in [6, 6.07) is 0.142. The highest BCUT2D eigenvalue weighted by Gasteiger charge is 2.06. The van der Waals surface area contributed by atoms with Crippen LogP contribution in [0, 0.1) is 0 Å². The Hall–Kier alpha value is -0.870. The predicted octanol–water partition coefficient (Wildman–Crippen LogP) is 0.242.